The van der Waals surface area contributed by atoms with Gasteiger partial charge in [0.2, 0.25) is 11.7 Å². The second kappa shape index (κ2) is 8.84. The van der Waals surface area contributed by atoms with Crippen molar-refractivity contribution in [3.05, 3.63) is 59.7 Å². The molecule has 0 fully saturated rings. The predicted octanol–water partition coefficient (Wildman–Crippen LogP) is 3.28. The molecule has 0 bridgehead atoms. The monoisotopic (exact) mass is 427 g/mol. The van der Waals surface area contributed by atoms with E-state index in [1.54, 1.807) is 0 Å². The van der Waals surface area contributed by atoms with E-state index in [1.165, 1.54) is 36.4 Å². The average Bonchev–Trinajstić information content (AvgIpc) is 3.15. The van der Waals surface area contributed by atoms with Crippen molar-refractivity contribution in [2.75, 3.05) is 0 Å². The number of halogens is 5. The van der Waals surface area contributed by atoms with E-state index in [1.807, 2.05) is 0 Å². The molecule has 1 aromatic heterocycles. The van der Waals surface area contributed by atoms with Crippen LogP contribution >= 0.6 is 0 Å². The Kier molecular flexibility index (Phi) is 6.23. The number of alkyl halides is 5. The molecule has 3 rings (SSSR count). The van der Waals surface area contributed by atoms with Gasteiger partial charge in [0.15, 0.2) is 0 Å². The normalized spacial score (nSPS) is 11.5. The summed E-state index contributed by atoms with van der Waals surface area (Å²) in [7, 11) is 0. The van der Waals surface area contributed by atoms with Crippen LogP contribution in [-0.2, 0) is 24.1 Å². The van der Waals surface area contributed by atoms with Gasteiger partial charge in [-0.25, -0.2) is 0 Å². The molecule has 2 aromatic carbocycles. The Balaban J connectivity index is 1.56. The third kappa shape index (κ3) is 5.72. The molecule has 7 nitrogen and oxygen atoms in total. The lowest BCUT2D eigenvalue weighted by molar-refractivity contribution is -0.137. The van der Waals surface area contributed by atoms with Crippen molar-refractivity contribution in [2.45, 2.75) is 25.9 Å². The zero-order valence-electron chi connectivity index (χ0n) is 15.1. The molecular formula is C18H14F5N5O2. The lowest BCUT2D eigenvalue weighted by Crippen LogP contribution is -2.28. The quantitative estimate of drug-likeness (QED) is 0.586. The molecule has 3 aromatic rings. The minimum Gasteiger partial charge on any atom is -0.435 e. The minimum atomic E-state index is -4.50. The van der Waals surface area contributed by atoms with Crippen molar-refractivity contribution in [3.63, 3.8) is 0 Å². The van der Waals surface area contributed by atoms with Crippen LogP contribution in [-0.4, -0.2) is 32.7 Å². The maximum atomic E-state index is 12.8. The smallest absolute Gasteiger partial charge is 0.416 e. The number of hydrogen-bond donors (Lipinski definition) is 1. The van der Waals surface area contributed by atoms with Gasteiger partial charge >= 0.3 is 12.8 Å². The highest BCUT2D eigenvalue weighted by Crippen LogP contribution is 2.31. The number of hydrogen-bond acceptors (Lipinski definition) is 5. The second-order valence-electron chi connectivity index (χ2n) is 6.02. The topological polar surface area (TPSA) is 81.9 Å². The van der Waals surface area contributed by atoms with Crippen molar-refractivity contribution in [2.24, 2.45) is 0 Å². The lowest BCUT2D eigenvalue weighted by atomic mass is 10.1. The summed E-state index contributed by atoms with van der Waals surface area (Å²) in [6, 6.07) is 10.1. The molecule has 0 aliphatic rings. The summed E-state index contributed by atoms with van der Waals surface area (Å²) in [5.74, 6) is -0.534. The van der Waals surface area contributed by atoms with E-state index in [2.05, 4.69) is 25.5 Å². The molecule has 1 heterocycles. The van der Waals surface area contributed by atoms with Gasteiger partial charge in [0, 0.05) is 12.1 Å². The Hall–Kier alpha value is -3.57. The summed E-state index contributed by atoms with van der Waals surface area (Å²) in [5, 5.41) is 13.8. The number of tetrazole rings is 1. The van der Waals surface area contributed by atoms with Crippen LogP contribution in [0.1, 0.15) is 11.1 Å². The number of amides is 1. The van der Waals surface area contributed by atoms with Crippen molar-refractivity contribution < 1.29 is 31.5 Å². The van der Waals surface area contributed by atoms with Gasteiger partial charge in [-0.3, -0.25) is 4.79 Å². The van der Waals surface area contributed by atoms with Crippen molar-refractivity contribution in [1.29, 1.82) is 0 Å². The van der Waals surface area contributed by atoms with E-state index >= 15 is 0 Å². The molecule has 0 aliphatic heterocycles. The highest BCUT2D eigenvalue weighted by atomic mass is 19.4. The largest absolute Gasteiger partial charge is 0.435 e. The molecule has 1 amide bonds. The van der Waals surface area contributed by atoms with Gasteiger partial charge in [-0.2, -0.15) is 26.7 Å². The summed E-state index contributed by atoms with van der Waals surface area (Å²) in [6.07, 6.45) is -4.50. The van der Waals surface area contributed by atoms with Gasteiger partial charge in [-0.1, -0.05) is 24.3 Å². The first-order valence-electron chi connectivity index (χ1n) is 8.46. The second-order valence-corrected chi connectivity index (χ2v) is 6.02. The number of carbonyl (C=O) groups is 1. The standard InChI is InChI=1S/C18H14F5N5O2/c19-17(20)30-14-6-4-11(5-7-14)9-24-15(29)10-28-26-16(25-27-28)12-2-1-3-13(8-12)18(21,22)23/h1-8,17H,9-10H2,(H,24,29). The van der Waals surface area contributed by atoms with Gasteiger partial charge in [-0.05, 0) is 35.0 Å². The molecule has 0 saturated carbocycles. The van der Waals surface area contributed by atoms with Crippen molar-refractivity contribution in [3.8, 4) is 17.1 Å². The zero-order chi connectivity index (χ0) is 21.7. The molecule has 0 radical (unpaired) electrons. The van der Waals surface area contributed by atoms with E-state index < -0.39 is 24.3 Å². The predicted molar refractivity (Wildman–Crippen MR) is 93.2 cm³/mol. The number of benzene rings is 2. The Morgan fingerprint density at radius 1 is 1.13 bits per heavy atom. The van der Waals surface area contributed by atoms with E-state index in [4.69, 9.17) is 0 Å². The Bertz CT molecular complexity index is 1000. The van der Waals surface area contributed by atoms with Crippen LogP contribution in [0.3, 0.4) is 0 Å². The fraction of sp³-hybridized carbons (Fsp3) is 0.222. The molecule has 158 valence electrons. The molecule has 30 heavy (non-hydrogen) atoms. The molecule has 12 heteroatoms. The van der Waals surface area contributed by atoms with Crippen molar-refractivity contribution in [1.82, 2.24) is 25.5 Å². The molecule has 1 N–H and O–H groups in total. The molecule has 0 saturated heterocycles. The molecule has 0 unspecified atom stereocenters. The third-order valence-electron chi connectivity index (χ3n) is 3.82. The minimum absolute atomic E-state index is 0.00554. The van der Waals surface area contributed by atoms with E-state index in [9.17, 15) is 26.7 Å². The first kappa shape index (κ1) is 21.1. The number of aromatic nitrogens is 4. The fourth-order valence-corrected chi connectivity index (χ4v) is 2.43. The SMILES string of the molecule is O=C(Cn1nnc(-c2cccc(C(F)(F)F)c2)n1)NCc1ccc(OC(F)F)cc1. The van der Waals surface area contributed by atoms with E-state index in [0.29, 0.717) is 5.56 Å². The van der Waals surface area contributed by atoms with Crippen molar-refractivity contribution >= 4 is 5.91 Å². The van der Waals surface area contributed by atoms with E-state index in [-0.39, 0.29) is 30.2 Å². The van der Waals surface area contributed by atoms with Gasteiger partial charge < -0.3 is 10.1 Å². The van der Waals surface area contributed by atoms with Gasteiger partial charge in [0.25, 0.3) is 0 Å². The number of nitrogens with zero attached hydrogens (tertiary/aromatic N) is 4. The zero-order valence-corrected chi connectivity index (χ0v) is 15.1. The van der Waals surface area contributed by atoms with Crippen LogP contribution in [0, 0.1) is 0 Å². The van der Waals surface area contributed by atoms with Crippen LogP contribution in [0.4, 0.5) is 22.0 Å². The van der Waals surface area contributed by atoms with Crippen LogP contribution in [0.5, 0.6) is 5.75 Å². The summed E-state index contributed by atoms with van der Waals surface area (Å²) >= 11 is 0. The van der Waals surface area contributed by atoms with Crippen LogP contribution in [0.25, 0.3) is 11.4 Å². The van der Waals surface area contributed by atoms with Gasteiger partial charge in [0.05, 0.1) is 5.56 Å². The number of nitrogens with one attached hydrogen (secondary N) is 1. The summed E-state index contributed by atoms with van der Waals surface area (Å²) in [5.41, 5.74) is -0.0946. The summed E-state index contributed by atoms with van der Waals surface area (Å²) in [6.45, 7) is -3.12. The highest BCUT2D eigenvalue weighted by Gasteiger charge is 2.30. The van der Waals surface area contributed by atoms with Crippen LogP contribution < -0.4 is 10.1 Å². The first-order valence-corrected chi connectivity index (χ1v) is 8.46. The number of rotatable bonds is 7. The Morgan fingerprint density at radius 3 is 2.53 bits per heavy atom. The maximum absolute atomic E-state index is 12.8. The first-order chi connectivity index (χ1) is 14.2. The Morgan fingerprint density at radius 2 is 1.87 bits per heavy atom. The van der Waals surface area contributed by atoms with Gasteiger partial charge in [0.1, 0.15) is 12.3 Å². The molecule has 0 spiro atoms. The lowest BCUT2D eigenvalue weighted by Gasteiger charge is -2.07. The highest BCUT2D eigenvalue weighted by molar-refractivity contribution is 5.75. The summed E-state index contributed by atoms with van der Waals surface area (Å²) < 4.78 is 66.9. The van der Waals surface area contributed by atoms with Gasteiger partial charge in [-0.15, -0.1) is 10.2 Å². The maximum Gasteiger partial charge on any atom is 0.416 e. The average molecular weight is 427 g/mol. The Labute approximate surface area is 166 Å². The molecule has 0 atom stereocenters. The molecular weight excluding hydrogens is 413 g/mol. The molecule has 0 aliphatic carbocycles. The third-order valence-corrected chi connectivity index (χ3v) is 3.82. The fourth-order valence-electron chi connectivity index (χ4n) is 2.43. The van der Waals surface area contributed by atoms with E-state index in [0.717, 1.165) is 16.9 Å². The van der Waals surface area contributed by atoms with Crippen LogP contribution in [0.15, 0.2) is 48.5 Å². The number of ether oxygens (including phenoxy) is 1. The van der Waals surface area contributed by atoms with Crippen LogP contribution in [0.2, 0.25) is 0 Å². The number of carbonyl (C=O) groups excluding carboxylic acids is 1. The summed E-state index contributed by atoms with van der Waals surface area (Å²) in [4.78, 5) is 13.0.